The van der Waals surface area contributed by atoms with Crippen molar-refractivity contribution in [3.8, 4) is 0 Å². The maximum absolute atomic E-state index is 11.9. The van der Waals surface area contributed by atoms with Crippen LogP contribution in [-0.4, -0.2) is 45.2 Å². The van der Waals surface area contributed by atoms with E-state index in [9.17, 15) is 4.79 Å². The number of nitrogens with zero attached hydrogens (tertiary/aromatic N) is 5. The van der Waals surface area contributed by atoms with Crippen molar-refractivity contribution in [2.45, 2.75) is 32.4 Å². The van der Waals surface area contributed by atoms with Crippen molar-refractivity contribution in [2.75, 3.05) is 24.5 Å². The smallest absolute Gasteiger partial charge is 0.275 e. The van der Waals surface area contributed by atoms with Crippen LogP contribution in [0.25, 0.3) is 4.96 Å². The number of anilines is 1. The summed E-state index contributed by atoms with van der Waals surface area (Å²) in [6.07, 6.45) is 3.87. The highest BCUT2D eigenvalue weighted by molar-refractivity contribution is 7.20. The van der Waals surface area contributed by atoms with Gasteiger partial charge in [0, 0.05) is 44.5 Å². The number of hydrogen-bond acceptors (Lipinski definition) is 6. The maximum atomic E-state index is 11.9. The molecular formula is C19H23N5OS. The normalized spacial score (nSPS) is 18.5. The van der Waals surface area contributed by atoms with E-state index < -0.39 is 0 Å². The van der Waals surface area contributed by atoms with E-state index in [2.05, 4.69) is 57.1 Å². The standard InChI is InChI=1S/C19H23N5OS/c1-2-6-16-14-23(12-11-22(16)13-15-7-4-3-5-8-15)19-21-24-17(25)9-10-20-18(24)26-19/h3-5,7-10,16H,2,6,11-14H2,1H3. The van der Waals surface area contributed by atoms with Gasteiger partial charge >= 0.3 is 0 Å². The fourth-order valence-electron chi connectivity index (χ4n) is 3.56. The maximum Gasteiger partial charge on any atom is 0.275 e. The SMILES string of the molecule is CCCC1CN(c2nn3c(=O)ccnc3s2)CCN1Cc1ccccc1. The molecule has 1 atom stereocenters. The van der Waals surface area contributed by atoms with Gasteiger partial charge in [0.1, 0.15) is 0 Å². The largest absolute Gasteiger partial charge is 0.344 e. The van der Waals surface area contributed by atoms with Crippen LogP contribution in [-0.2, 0) is 6.54 Å². The minimum Gasteiger partial charge on any atom is -0.344 e. The lowest BCUT2D eigenvalue weighted by molar-refractivity contribution is 0.158. The lowest BCUT2D eigenvalue weighted by Gasteiger charge is -2.41. The molecule has 1 fully saturated rings. The zero-order valence-electron chi connectivity index (χ0n) is 14.9. The average molecular weight is 369 g/mol. The van der Waals surface area contributed by atoms with E-state index >= 15 is 0 Å². The first-order chi connectivity index (χ1) is 12.7. The fourth-order valence-corrected chi connectivity index (χ4v) is 4.47. The molecule has 1 saturated heterocycles. The van der Waals surface area contributed by atoms with Crippen LogP contribution >= 0.6 is 11.3 Å². The molecule has 26 heavy (non-hydrogen) atoms. The van der Waals surface area contributed by atoms with Gasteiger partial charge in [0.25, 0.3) is 5.56 Å². The number of aromatic nitrogens is 3. The van der Waals surface area contributed by atoms with Gasteiger partial charge in [0.05, 0.1) is 0 Å². The second kappa shape index (κ2) is 7.55. The van der Waals surface area contributed by atoms with Crippen LogP contribution in [0.3, 0.4) is 0 Å². The second-order valence-electron chi connectivity index (χ2n) is 6.71. The summed E-state index contributed by atoms with van der Waals surface area (Å²) in [5.74, 6) is 0. The van der Waals surface area contributed by atoms with Crippen molar-refractivity contribution in [1.82, 2.24) is 19.5 Å². The number of piperazine rings is 1. The molecule has 2 aromatic heterocycles. The Hall–Kier alpha value is -2.25. The summed E-state index contributed by atoms with van der Waals surface area (Å²) in [5.41, 5.74) is 1.24. The summed E-state index contributed by atoms with van der Waals surface area (Å²) < 4.78 is 1.41. The topological polar surface area (TPSA) is 53.7 Å². The van der Waals surface area contributed by atoms with Crippen LogP contribution in [0.2, 0.25) is 0 Å². The third-order valence-electron chi connectivity index (χ3n) is 4.89. The number of hydrogen-bond donors (Lipinski definition) is 0. The first-order valence-electron chi connectivity index (χ1n) is 9.12. The molecule has 3 heterocycles. The Morgan fingerprint density at radius 1 is 1.19 bits per heavy atom. The van der Waals surface area contributed by atoms with Gasteiger partial charge in [-0.15, -0.1) is 5.10 Å². The quantitative estimate of drug-likeness (QED) is 0.692. The molecule has 1 aliphatic rings. The van der Waals surface area contributed by atoms with Gasteiger partial charge in [-0.25, -0.2) is 4.98 Å². The van der Waals surface area contributed by atoms with Gasteiger partial charge in [0.2, 0.25) is 10.1 Å². The molecule has 0 bridgehead atoms. The Kier molecular flexibility index (Phi) is 4.99. The Morgan fingerprint density at radius 3 is 2.81 bits per heavy atom. The highest BCUT2D eigenvalue weighted by Gasteiger charge is 2.28. The van der Waals surface area contributed by atoms with E-state index in [1.807, 2.05) is 0 Å². The average Bonchev–Trinajstić information content (AvgIpc) is 3.10. The predicted molar refractivity (Wildman–Crippen MR) is 105 cm³/mol. The zero-order chi connectivity index (χ0) is 17.9. The molecule has 1 aliphatic heterocycles. The van der Waals surface area contributed by atoms with Crippen molar-refractivity contribution >= 4 is 21.4 Å². The van der Waals surface area contributed by atoms with E-state index in [1.54, 1.807) is 6.20 Å². The number of benzene rings is 1. The Labute approximate surface area is 156 Å². The van der Waals surface area contributed by atoms with Crippen LogP contribution in [0.1, 0.15) is 25.3 Å². The summed E-state index contributed by atoms with van der Waals surface area (Å²) in [7, 11) is 0. The molecule has 1 aromatic carbocycles. The summed E-state index contributed by atoms with van der Waals surface area (Å²) in [5, 5.41) is 5.40. The van der Waals surface area contributed by atoms with Crippen molar-refractivity contribution in [3.63, 3.8) is 0 Å². The summed E-state index contributed by atoms with van der Waals surface area (Å²) in [6.45, 7) is 6.08. The molecule has 0 N–H and O–H groups in total. The highest BCUT2D eigenvalue weighted by atomic mass is 32.1. The summed E-state index contributed by atoms with van der Waals surface area (Å²) in [6, 6.07) is 12.6. The predicted octanol–water partition coefficient (Wildman–Crippen LogP) is 2.64. The third kappa shape index (κ3) is 3.50. The van der Waals surface area contributed by atoms with Crippen LogP contribution in [0.5, 0.6) is 0 Å². The third-order valence-corrected chi connectivity index (χ3v) is 5.87. The molecule has 7 heteroatoms. The number of fused-ring (bicyclic) bond motifs is 1. The van der Waals surface area contributed by atoms with Crippen LogP contribution in [0.15, 0.2) is 47.4 Å². The molecule has 0 radical (unpaired) electrons. The van der Waals surface area contributed by atoms with Gasteiger partial charge in [0.15, 0.2) is 0 Å². The van der Waals surface area contributed by atoms with Crippen molar-refractivity contribution in [1.29, 1.82) is 0 Å². The van der Waals surface area contributed by atoms with E-state index in [4.69, 9.17) is 0 Å². The van der Waals surface area contributed by atoms with E-state index in [1.165, 1.54) is 27.5 Å². The molecular weight excluding hydrogens is 346 g/mol. The summed E-state index contributed by atoms with van der Waals surface area (Å²) >= 11 is 1.49. The van der Waals surface area contributed by atoms with Crippen molar-refractivity contribution in [2.24, 2.45) is 0 Å². The summed E-state index contributed by atoms with van der Waals surface area (Å²) in [4.78, 5) is 21.7. The lowest BCUT2D eigenvalue weighted by atomic mass is 10.1. The van der Waals surface area contributed by atoms with E-state index in [-0.39, 0.29) is 5.56 Å². The molecule has 0 spiro atoms. The van der Waals surface area contributed by atoms with Gasteiger partial charge in [-0.05, 0) is 12.0 Å². The molecule has 0 aliphatic carbocycles. The molecule has 136 valence electrons. The molecule has 0 saturated carbocycles. The second-order valence-corrected chi connectivity index (χ2v) is 7.64. The van der Waals surface area contributed by atoms with Gasteiger partial charge in [-0.2, -0.15) is 4.52 Å². The first-order valence-corrected chi connectivity index (χ1v) is 9.94. The Morgan fingerprint density at radius 2 is 2.04 bits per heavy atom. The fraction of sp³-hybridized carbons (Fsp3) is 0.421. The van der Waals surface area contributed by atoms with Gasteiger partial charge in [-0.3, -0.25) is 9.69 Å². The molecule has 4 rings (SSSR count). The van der Waals surface area contributed by atoms with Gasteiger partial charge < -0.3 is 4.90 Å². The highest BCUT2D eigenvalue weighted by Crippen LogP contribution is 2.26. The zero-order valence-corrected chi connectivity index (χ0v) is 15.7. The van der Waals surface area contributed by atoms with Crippen LogP contribution in [0.4, 0.5) is 5.13 Å². The molecule has 3 aromatic rings. The lowest BCUT2D eigenvalue weighted by Crippen LogP contribution is -2.52. The van der Waals surface area contributed by atoms with Crippen LogP contribution < -0.4 is 10.5 Å². The molecule has 0 amide bonds. The Bertz CT molecular complexity index is 922. The monoisotopic (exact) mass is 369 g/mol. The van der Waals surface area contributed by atoms with Gasteiger partial charge in [-0.1, -0.05) is 55.0 Å². The van der Waals surface area contributed by atoms with Crippen molar-refractivity contribution in [3.05, 3.63) is 58.5 Å². The number of rotatable bonds is 5. The minimum atomic E-state index is -0.120. The Balaban J connectivity index is 1.53. The van der Waals surface area contributed by atoms with E-state index in [0.717, 1.165) is 44.2 Å². The first kappa shape index (κ1) is 17.2. The van der Waals surface area contributed by atoms with Crippen molar-refractivity contribution < 1.29 is 0 Å². The minimum absolute atomic E-state index is 0.120. The van der Waals surface area contributed by atoms with Crippen LogP contribution in [0, 0.1) is 0 Å². The molecule has 1 unspecified atom stereocenters. The van der Waals surface area contributed by atoms with E-state index in [0.29, 0.717) is 11.0 Å². The molecule has 6 nitrogen and oxygen atoms in total.